The summed E-state index contributed by atoms with van der Waals surface area (Å²) in [5, 5.41) is 11.0. The van der Waals surface area contributed by atoms with E-state index in [1.807, 2.05) is 18.2 Å². The lowest BCUT2D eigenvalue weighted by Crippen LogP contribution is -2.37. The molecule has 2 aromatic heterocycles. The molecule has 1 aliphatic heterocycles. The van der Waals surface area contributed by atoms with Gasteiger partial charge in [-0.25, -0.2) is 0 Å². The van der Waals surface area contributed by atoms with Gasteiger partial charge in [0, 0.05) is 18.7 Å². The molecule has 0 radical (unpaired) electrons. The lowest BCUT2D eigenvalue weighted by molar-refractivity contribution is -0.134. The van der Waals surface area contributed by atoms with E-state index in [0.29, 0.717) is 29.9 Å². The van der Waals surface area contributed by atoms with Crippen molar-refractivity contribution in [3.63, 3.8) is 0 Å². The Bertz CT molecular complexity index is 1010. The molecular weight excluding hydrogens is 396 g/mol. The van der Waals surface area contributed by atoms with E-state index in [1.165, 1.54) is 0 Å². The average molecular weight is 425 g/mol. The quantitative estimate of drug-likeness (QED) is 0.420. The number of rotatable bonds is 8. The maximum absolute atomic E-state index is 12.1. The van der Waals surface area contributed by atoms with Crippen molar-refractivity contribution in [1.29, 1.82) is 0 Å². The first kappa shape index (κ1) is 21.0. The summed E-state index contributed by atoms with van der Waals surface area (Å²) in [5.74, 6) is 0.952. The molecule has 1 saturated heterocycles. The number of fused-ring (bicyclic) bond motifs is 1. The molecule has 1 atom stereocenters. The molecule has 31 heavy (non-hydrogen) atoms. The predicted octanol–water partition coefficient (Wildman–Crippen LogP) is 2.79. The van der Waals surface area contributed by atoms with E-state index in [0.717, 1.165) is 31.5 Å². The van der Waals surface area contributed by atoms with Gasteiger partial charge in [-0.05, 0) is 37.4 Å². The molecule has 0 bridgehead atoms. The molecule has 3 heterocycles. The molecule has 4 rings (SSSR count). The highest BCUT2D eigenvalue weighted by Gasteiger charge is 2.20. The van der Waals surface area contributed by atoms with E-state index >= 15 is 0 Å². The van der Waals surface area contributed by atoms with Crippen LogP contribution in [0.3, 0.4) is 0 Å². The highest BCUT2D eigenvalue weighted by atomic mass is 16.5. The van der Waals surface area contributed by atoms with Crippen LogP contribution >= 0.6 is 0 Å². The summed E-state index contributed by atoms with van der Waals surface area (Å²) >= 11 is 0. The van der Waals surface area contributed by atoms with Crippen molar-refractivity contribution in [3.05, 3.63) is 42.1 Å². The van der Waals surface area contributed by atoms with Crippen LogP contribution in [0, 0.1) is 0 Å². The maximum Gasteiger partial charge on any atom is 0.322 e. The zero-order valence-corrected chi connectivity index (χ0v) is 17.9. The third-order valence-corrected chi connectivity index (χ3v) is 5.11. The van der Waals surface area contributed by atoms with Gasteiger partial charge in [0.05, 0.1) is 12.6 Å². The number of piperidine rings is 1. The first-order valence-electron chi connectivity index (χ1n) is 10.7. The second kappa shape index (κ2) is 9.74. The van der Waals surface area contributed by atoms with Crippen LogP contribution in [-0.2, 0) is 4.79 Å². The molecule has 0 aliphatic carbocycles. The van der Waals surface area contributed by atoms with Crippen molar-refractivity contribution >= 4 is 17.6 Å². The molecule has 2 N–H and O–H groups in total. The first-order chi connectivity index (χ1) is 15.1. The SMILES string of the molecule is CC(C)c1cnn2c(NCCC(=O)Oc3ccccc3)nc(O[C@@H]3CCCNC3)nc12. The van der Waals surface area contributed by atoms with E-state index in [-0.39, 0.29) is 24.4 Å². The lowest BCUT2D eigenvalue weighted by atomic mass is 10.1. The molecule has 9 nitrogen and oxygen atoms in total. The molecule has 0 amide bonds. The standard InChI is InChI=1S/C22H28N6O3/c1-15(2)18-14-25-28-20(18)26-22(31-17-9-6-11-23-13-17)27-21(28)24-12-10-19(29)30-16-7-4-3-5-8-16/h3-5,7-8,14-15,17,23H,6,9-13H2,1-2H3,(H,24,26,27)/t17-/m1/s1. The Morgan fingerprint density at radius 1 is 1.29 bits per heavy atom. The van der Waals surface area contributed by atoms with Crippen LogP contribution < -0.4 is 20.1 Å². The largest absolute Gasteiger partial charge is 0.459 e. The number of nitrogens with zero attached hydrogens (tertiary/aromatic N) is 4. The number of ether oxygens (including phenoxy) is 2. The molecule has 3 aromatic rings. The number of nitrogens with one attached hydrogen (secondary N) is 2. The van der Waals surface area contributed by atoms with Gasteiger partial charge in [0.15, 0.2) is 5.65 Å². The molecule has 0 spiro atoms. The zero-order valence-electron chi connectivity index (χ0n) is 17.9. The first-order valence-corrected chi connectivity index (χ1v) is 10.7. The van der Waals surface area contributed by atoms with Crippen LogP contribution in [0.1, 0.15) is 44.6 Å². The Morgan fingerprint density at radius 3 is 2.87 bits per heavy atom. The van der Waals surface area contributed by atoms with E-state index in [4.69, 9.17) is 9.47 Å². The van der Waals surface area contributed by atoms with Gasteiger partial charge in [0.2, 0.25) is 5.95 Å². The van der Waals surface area contributed by atoms with Crippen LogP contribution in [0.4, 0.5) is 5.95 Å². The second-order valence-electron chi connectivity index (χ2n) is 7.87. The third-order valence-electron chi connectivity index (χ3n) is 5.11. The second-order valence-corrected chi connectivity index (χ2v) is 7.87. The summed E-state index contributed by atoms with van der Waals surface area (Å²) in [4.78, 5) is 21.3. The number of carbonyl (C=O) groups excluding carboxylic acids is 1. The van der Waals surface area contributed by atoms with Crippen molar-refractivity contribution in [2.75, 3.05) is 25.0 Å². The highest BCUT2D eigenvalue weighted by molar-refractivity contribution is 5.72. The Kier molecular flexibility index (Phi) is 6.61. The fourth-order valence-corrected chi connectivity index (χ4v) is 3.47. The summed E-state index contributed by atoms with van der Waals surface area (Å²) in [6.45, 7) is 6.32. The minimum absolute atomic E-state index is 0.0373. The molecule has 9 heteroatoms. The molecule has 1 fully saturated rings. The van der Waals surface area contributed by atoms with Crippen LogP contribution in [-0.4, -0.2) is 51.3 Å². The third kappa shape index (κ3) is 5.29. The number of carbonyl (C=O) groups is 1. The molecule has 164 valence electrons. The fraction of sp³-hybridized carbons (Fsp3) is 0.455. The summed E-state index contributed by atoms with van der Waals surface area (Å²) in [6, 6.07) is 9.34. The summed E-state index contributed by atoms with van der Waals surface area (Å²) < 4.78 is 13.0. The van der Waals surface area contributed by atoms with E-state index in [1.54, 1.807) is 22.8 Å². The number of para-hydroxylation sites is 1. The van der Waals surface area contributed by atoms with Crippen molar-refractivity contribution in [1.82, 2.24) is 24.9 Å². The summed E-state index contributed by atoms with van der Waals surface area (Å²) in [7, 11) is 0. The number of benzene rings is 1. The topological polar surface area (TPSA) is 103 Å². The molecular formula is C22H28N6O3. The molecule has 1 aromatic carbocycles. The van der Waals surface area contributed by atoms with Gasteiger partial charge >= 0.3 is 12.0 Å². The fourth-order valence-electron chi connectivity index (χ4n) is 3.47. The minimum Gasteiger partial charge on any atom is -0.459 e. The summed E-state index contributed by atoms with van der Waals surface area (Å²) in [5.41, 5.74) is 1.72. The number of hydrogen-bond donors (Lipinski definition) is 2. The Balaban J connectivity index is 1.47. The van der Waals surface area contributed by atoms with Gasteiger partial charge in [-0.3, -0.25) is 4.79 Å². The van der Waals surface area contributed by atoms with Crippen LogP contribution in [0.2, 0.25) is 0 Å². The number of esters is 1. The molecule has 1 aliphatic rings. The lowest BCUT2D eigenvalue weighted by Gasteiger charge is -2.23. The van der Waals surface area contributed by atoms with Gasteiger partial charge in [0.25, 0.3) is 0 Å². The van der Waals surface area contributed by atoms with Gasteiger partial charge in [0.1, 0.15) is 11.9 Å². The predicted molar refractivity (Wildman–Crippen MR) is 117 cm³/mol. The Morgan fingerprint density at radius 2 is 2.13 bits per heavy atom. The van der Waals surface area contributed by atoms with Gasteiger partial charge in [-0.2, -0.15) is 19.6 Å². The van der Waals surface area contributed by atoms with Crippen molar-refractivity contribution in [2.45, 2.75) is 45.1 Å². The monoisotopic (exact) mass is 424 g/mol. The molecule has 0 saturated carbocycles. The van der Waals surface area contributed by atoms with Crippen molar-refractivity contribution < 1.29 is 14.3 Å². The smallest absolute Gasteiger partial charge is 0.322 e. The number of anilines is 1. The van der Waals surface area contributed by atoms with E-state index < -0.39 is 0 Å². The average Bonchev–Trinajstić information content (AvgIpc) is 3.20. The number of hydrogen-bond acceptors (Lipinski definition) is 8. The number of aromatic nitrogens is 4. The van der Waals surface area contributed by atoms with Gasteiger partial charge in [-0.1, -0.05) is 32.0 Å². The molecule has 0 unspecified atom stereocenters. The van der Waals surface area contributed by atoms with Crippen molar-refractivity contribution in [3.8, 4) is 11.8 Å². The van der Waals surface area contributed by atoms with Gasteiger partial charge in [-0.15, -0.1) is 0 Å². The minimum atomic E-state index is -0.322. The van der Waals surface area contributed by atoms with Crippen LogP contribution in [0.15, 0.2) is 36.5 Å². The van der Waals surface area contributed by atoms with Gasteiger partial charge < -0.3 is 20.1 Å². The Hall–Kier alpha value is -3.20. The summed E-state index contributed by atoms with van der Waals surface area (Å²) in [6.07, 6.45) is 4.05. The normalized spacial score (nSPS) is 16.4. The van der Waals surface area contributed by atoms with Crippen LogP contribution in [0.5, 0.6) is 11.8 Å². The zero-order chi connectivity index (χ0) is 21.6. The highest BCUT2D eigenvalue weighted by Crippen LogP contribution is 2.23. The maximum atomic E-state index is 12.1. The Labute approximate surface area is 181 Å². The van der Waals surface area contributed by atoms with Crippen LogP contribution in [0.25, 0.3) is 5.65 Å². The van der Waals surface area contributed by atoms with Crippen molar-refractivity contribution in [2.24, 2.45) is 0 Å². The van der Waals surface area contributed by atoms with E-state index in [2.05, 4.69) is 39.5 Å². The van der Waals surface area contributed by atoms with E-state index in [9.17, 15) is 4.79 Å².